The highest BCUT2D eigenvalue weighted by Gasteiger charge is 2.02. The summed E-state index contributed by atoms with van der Waals surface area (Å²) in [5, 5.41) is 0. The number of H-pyrrole nitrogens is 1. The van der Waals surface area contributed by atoms with Gasteiger partial charge in [-0.2, -0.15) is 0 Å². The van der Waals surface area contributed by atoms with E-state index in [-0.39, 0.29) is 0 Å². The molecule has 0 aliphatic rings. The van der Waals surface area contributed by atoms with Crippen LogP contribution < -0.4 is 0 Å². The van der Waals surface area contributed by atoms with E-state index in [1.165, 1.54) is 0 Å². The lowest BCUT2D eigenvalue weighted by molar-refractivity contribution is 1.12. The fourth-order valence-corrected chi connectivity index (χ4v) is 1.56. The van der Waals surface area contributed by atoms with Gasteiger partial charge in [-0.15, -0.1) is 0 Å². The van der Waals surface area contributed by atoms with Gasteiger partial charge in [-0.05, 0) is 32.9 Å². The molecule has 0 saturated carbocycles. The number of aromatic amines is 1. The lowest BCUT2D eigenvalue weighted by Gasteiger charge is -2.01. The van der Waals surface area contributed by atoms with Gasteiger partial charge in [0.25, 0.3) is 0 Å². The Hall–Kier alpha value is -1.64. The van der Waals surface area contributed by atoms with Crippen LogP contribution in [0.15, 0.2) is 18.3 Å². The second-order valence-electron chi connectivity index (χ2n) is 3.52. The summed E-state index contributed by atoms with van der Waals surface area (Å²) in [6.07, 6.45) is 1.85. The Morgan fingerprint density at radius 3 is 2.21 bits per heavy atom. The predicted octanol–water partition coefficient (Wildman–Crippen LogP) is 2.40. The van der Waals surface area contributed by atoms with E-state index < -0.39 is 0 Å². The zero-order valence-corrected chi connectivity index (χ0v) is 8.63. The van der Waals surface area contributed by atoms with Gasteiger partial charge in [0, 0.05) is 17.0 Å². The lowest BCUT2D eigenvalue weighted by atomic mass is 10.1. The molecule has 2 rings (SSSR count). The van der Waals surface area contributed by atoms with Crippen molar-refractivity contribution in [1.82, 2.24) is 15.0 Å². The first-order valence-electron chi connectivity index (χ1n) is 4.62. The van der Waals surface area contributed by atoms with E-state index in [4.69, 9.17) is 0 Å². The topological polar surface area (TPSA) is 41.6 Å². The molecule has 2 aromatic heterocycles. The van der Waals surface area contributed by atoms with Crippen molar-refractivity contribution < 1.29 is 0 Å². The monoisotopic (exact) mass is 187 g/mol. The molecule has 2 aromatic rings. The molecule has 0 aliphatic heterocycles. The van der Waals surface area contributed by atoms with Crippen LogP contribution in [0.4, 0.5) is 0 Å². The standard InChI is InChI=1S/C11H13N3/c1-7-4-10(5-8(2)13-7)11-6-12-9(3)14-11/h4-6H,1-3H3,(H,12,14). The molecule has 0 spiro atoms. The lowest BCUT2D eigenvalue weighted by Crippen LogP contribution is -1.88. The summed E-state index contributed by atoms with van der Waals surface area (Å²) in [4.78, 5) is 11.7. The number of hydrogen-bond donors (Lipinski definition) is 1. The third-order valence-corrected chi connectivity index (χ3v) is 2.10. The molecule has 0 fully saturated rings. The van der Waals surface area contributed by atoms with Crippen LogP contribution in [-0.4, -0.2) is 15.0 Å². The summed E-state index contributed by atoms with van der Waals surface area (Å²) in [6, 6.07) is 4.11. The van der Waals surface area contributed by atoms with Crippen molar-refractivity contribution >= 4 is 0 Å². The summed E-state index contributed by atoms with van der Waals surface area (Å²) in [5.41, 5.74) is 4.27. The number of nitrogens with one attached hydrogen (secondary N) is 1. The summed E-state index contributed by atoms with van der Waals surface area (Å²) in [5.74, 6) is 0.937. The van der Waals surface area contributed by atoms with Crippen molar-refractivity contribution in [3.8, 4) is 11.3 Å². The average molecular weight is 187 g/mol. The van der Waals surface area contributed by atoms with Crippen LogP contribution >= 0.6 is 0 Å². The van der Waals surface area contributed by atoms with E-state index in [9.17, 15) is 0 Å². The van der Waals surface area contributed by atoms with Gasteiger partial charge in [-0.25, -0.2) is 4.98 Å². The van der Waals surface area contributed by atoms with Gasteiger partial charge in [0.05, 0.1) is 11.9 Å². The van der Waals surface area contributed by atoms with Gasteiger partial charge in [-0.1, -0.05) is 0 Å². The first kappa shape index (κ1) is 8.94. The van der Waals surface area contributed by atoms with Gasteiger partial charge in [-0.3, -0.25) is 4.98 Å². The SMILES string of the molecule is Cc1cc(-c2cnc(C)[nH]2)cc(C)n1. The van der Waals surface area contributed by atoms with Gasteiger partial charge in [0.1, 0.15) is 5.82 Å². The van der Waals surface area contributed by atoms with Crippen molar-refractivity contribution in [3.05, 3.63) is 35.5 Å². The van der Waals surface area contributed by atoms with Crippen molar-refractivity contribution in [1.29, 1.82) is 0 Å². The Labute approximate surface area is 83.2 Å². The number of aryl methyl sites for hydroxylation is 3. The molecule has 0 radical (unpaired) electrons. The number of hydrogen-bond acceptors (Lipinski definition) is 2. The van der Waals surface area contributed by atoms with E-state index in [2.05, 4.69) is 27.1 Å². The van der Waals surface area contributed by atoms with Crippen molar-refractivity contribution in [2.24, 2.45) is 0 Å². The molecule has 0 saturated heterocycles. The molecule has 0 amide bonds. The van der Waals surface area contributed by atoms with Crippen LogP contribution in [0.25, 0.3) is 11.3 Å². The number of nitrogens with zero attached hydrogens (tertiary/aromatic N) is 2. The maximum Gasteiger partial charge on any atom is 0.103 e. The molecule has 2 heterocycles. The Morgan fingerprint density at radius 2 is 1.71 bits per heavy atom. The predicted molar refractivity (Wildman–Crippen MR) is 56.0 cm³/mol. The van der Waals surface area contributed by atoms with Crippen LogP contribution in [0.5, 0.6) is 0 Å². The molecule has 72 valence electrons. The third kappa shape index (κ3) is 1.66. The minimum atomic E-state index is 0.937. The highest BCUT2D eigenvalue weighted by atomic mass is 14.9. The van der Waals surface area contributed by atoms with E-state index in [0.717, 1.165) is 28.5 Å². The Kier molecular flexibility index (Phi) is 2.08. The largest absolute Gasteiger partial charge is 0.342 e. The zero-order chi connectivity index (χ0) is 10.1. The average Bonchev–Trinajstić information content (AvgIpc) is 2.50. The second-order valence-corrected chi connectivity index (χ2v) is 3.52. The molecule has 3 heteroatoms. The molecule has 1 N–H and O–H groups in total. The van der Waals surface area contributed by atoms with Crippen LogP contribution in [-0.2, 0) is 0 Å². The molecule has 14 heavy (non-hydrogen) atoms. The maximum absolute atomic E-state index is 4.33. The van der Waals surface area contributed by atoms with Gasteiger partial charge in [0.15, 0.2) is 0 Å². The first-order valence-corrected chi connectivity index (χ1v) is 4.62. The van der Waals surface area contributed by atoms with Crippen LogP contribution in [0.3, 0.4) is 0 Å². The molecule has 0 unspecified atom stereocenters. The summed E-state index contributed by atoms with van der Waals surface area (Å²) >= 11 is 0. The Morgan fingerprint density at radius 1 is 1.07 bits per heavy atom. The minimum absolute atomic E-state index is 0.937. The van der Waals surface area contributed by atoms with Crippen LogP contribution in [0.1, 0.15) is 17.2 Å². The Balaban J connectivity index is 2.51. The zero-order valence-electron chi connectivity index (χ0n) is 8.63. The second kappa shape index (κ2) is 3.25. The van der Waals surface area contributed by atoms with Crippen LogP contribution in [0.2, 0.25) is 0 Å². The van der Waals surface area contributed by atoms with E-state index in [1.807, 2.05) is 27.0 Å². The fraction of sp³-hybridized carbons (Fsp3) is 0.273. The molecule has 0 atom stereocenters. The molecular formula is C11H13N3. The van der Waals surface area contributed by atoms with Crippen molar-refractivity contribution in [3.63, 3.8) is 0 Å². The van der Waals surface area contributed by atoms with E-state index >= 15 is 0 Å². The minimum Gasteiger partial charge on any atom is -0.342 e. The number of rotatable bonds is 1. The fourth-order valence-electron chi connectivity index (χ4n) is 1.56. The van der Waals surface area contributed by atoms with Crippen molar-refractivity contribution in [2.45, 2.75) is 20.8 Å². The molecular weight excluding hydrogens is 174 g/mol. The molecule has 0 aromatic carbocycles. The van der Waals surface area contributed by atoms with Crippen LogP contribution in [0, 0.1) is 20.8 Å². The number of pyridine rings is 1. The number of imidazole rings is 1. The Bertz CT molecular complexity index is 437. The quantitative estimate of drug-likeness (QED) is 0.744. The maximum atomic E-state index is 4.33. The molecule has 0 aliphatic carbocycles. The van der Waals surface area contributed by atoms with Gasteiger partial charge < -0.3 is 4.98 Å². The highest BCUT2D eigenvalue weighted by molar-refractivity contribution is 5.59. The smallest absolute Gasteiger partial charge is 0.103 e. The van der Waals surface area contributed by atoms with Crippen molar-refractivity contribution in [2.75, 3.05) is 0 Å². The van der Waals surface area contributed by atoms with E-state index in [0.29, 0.717) is 0 Å². The number of aromatic nitrogens is 3. The third-order valence-electron chi connectivity index (χ3n) is 2.10. The molecule has 0 bridgehead atoms. The van der Waals surface area contributed by atoms with E-state index in [1.54, 1.807) is 0 Å². The summed E-state index contributed by atoms with van der Waals surface area (Å²) in [7, 11) is 0. The normalized spacial score (nSPS) is 10.5. The highest BCUT2D eigenvalue weighted by Crippen LogP contribution is 2.18. The molecule has 3 nitrogen and oxygen atoms in total. The first-order chi connectivity index (χ1) is 6.65. The van der Waals surface area contributed by atoms with Gasteiger partial charge >= 0.3 is 0 Å². The summed E-state index contributed by atoms with van der Waals surface area (Å²) in [6.45, 7) is 5.95. The van der Waals surface area contributed by atoms with Gasteiger partial charge in [0.2, 0.25) is 0 Å². The summed E-state index contributed by atoms with van der Waals surface area (Å²) < 4.78 is 0.